The second kappa shape index (κ2) is 6.00. The van der Waals surface area contributed by atoms with Crippen molar-refractivity contribution in [1.82, 2.24) is 0 Å². The Balaban J connectivity index is 0.00000256. The second-order valence-electron chi connectivity index (χ2n) is 2.80. The summed E-state index contributed by atoms with van der Waals surface area (Å²) in [5, 5.41) is 26.7. The normalized spacial score (nSPS) is 21.8. The molecule has 11 heteroatoms. The topological polar surface area (TPSA) is 151 Å². The molecule has 0 saturated heterocycles. The maximum absolute atomic E-state index is 10.8. The number of aliphatic hydroxyl groups is 3. The van der Waals surface area contributed by atoms with Gasteiger partial charge in [0.05, 0.1) is 6.61 Å². The van der Waals surface area contributed by atoms with Gasteiger partial charge in [-0.05, 0) is 0 Å². The third-order valence-electron chi connectivity index (χ3n) is 1.65. The molecule has 1 aliphatic heterocycles. The van der Waals surface area contributed by atoms with Gasteiger partial charge in [0.1, 0.15) is 6.10 Å². The summed E-state index contributed by atoms with van der Waals surface area (Å²) in [6, 6.07) is 0. The van der Waals surface area contributed by atoms with Crippen LogP contribution in [0.2, 0.25) is 0 Å². The zero-order valence-electron chi connectivity index (χ0n) is 7.60. The molecule has 9 nitrogen and oxygen atoms in total. The Hall–Kier alpha value is -0.360. The third-order valence-corrected chi connectivity index (χ3v) is 2.04. The van der Waals surface area contributed by atoms with E-state index in [1.54, 1.807) is 0 Å². The summed E-state index contributed by atoms with van der Waals surface area (Å²) < 4.78 is 37.3. The molecule has 4 N–H and O–H groups in total. The first-order valence-corrected chi connectivity index (χ1v) is 5.22. The van der Waals surface area contributed by atoms with Gasteiger partial charge in [-0.1, -0.05) is 0 Å². The van der Waals surface area contributed by atoms with Crippen molar-refractivity contribution in [1.29, 1.82) is 0 Å². The zero-order valence-corrected chi connectivity index (χ0v) is 8.42. The van der Waals surface area contributed by atoms with Crippen molar-refractivity contribution in [2.75, 3.05) is 6.61 Å². The van der Waals surface area contributed by atoms with Gasteiger partial charge in [-0.2, -0.15) is 8.42 Å². The number of aliphatic hydroxyl groups excluding tert-OH is 3. The standard InChI is InChI=1S/C6H8O9S.Na.H/c7-1-2(8)4-5(15-16(11,12)13)3(9)6(10)14-4;;/h2,4,7-9H,1H2,(H,11,12,13);;/t2-,4+;;/m0../s1. The Morgan fingerprint density at radius 1 is 1.47 bits per heavy atom. The maximum atomic E-state index is 10.8. The van der Waals surface area contributed by atoms with E-state index in [9.17, 15) is 13.2 Å². The Bertz CT molecular complexity index is 427. The molecule has 0 aromatic rings. The summed E-state index contributed by atoms with van der Waals surface area (Å²) in [7, 11) is -4.98. The Labute approximate surface area is 118 Å². The molecule has 0 bridgehead atoms. The van der Waals surface area contributed by atoms with Gasteiger partial charge in [0.25, 0.3) is 0 Å². The number of hydrogen-bond donors (Lipinski definition) is 4. The van der Waals surface area contributed by atoms with Gasteiger partial charge >= 0.3 is 45.9 Å². The van der Waals surface area contributed by atoms with Crippen LogP contribution in [0.15, 0.2) is 11.5 Å². The molecule has 1 heterocycles. The molecule has 0 amide bonds. The SMILES string of the molecule is O=C1O[C@H]([C@@H](O)CO)C(OS(=O)(=O)O)=C1O.[NaH]. The van der Waals surface area contributed by atoms with Gasteiger partial charge in [-0.15, -0.1) is 0 Å². The van der Waals surface area contributed by atoms with Crippen LogP contribution in [-0.2, 0) is 24.1 Å². The van der Waals surface area contributed by atoms with Crippen molar-refractivity contribution < 1.29 is 42.0 Å². The first-order valence-electron chi connectivity index (χ1n) is 3.86. The van der Waals surface area contributed by atoms with Crippen LogP contribution in [0.1, 0.15) is 0 Å². The molecule has 0 aromatic heterocycles. The molecule has 0 unspecified atom stereocenters. The van der Waals surface area contributed by atoms with E-state index in [0.717, 1.165) is 0 Å². The fourth-order valence-corrected chi connectivity index (χ4v) is 1.41. The molecule has 1 aliphatic rings. The Morgan fingerprint density at radius 2 is 2.00 bits per heavy atom. The minimum absolute atomic E-state index is 0. The average molecular weight is 280 g/mol. The zero-order chi connectivity index (χ0) is 12.5. The Kier molecular flexibility index (Phi) is 5.87. The van der Waals surface area contributed by atoms with Crippen molar-refractivity contribution in [2.24, 2.45) is 0 Å². The molecule has 0 spiro atoms. The van der Waals surface area contributed by atoms with Crippen LogP contribution >= 0.6 is 0 Å². The van der Waals surface area contributed by atoms with E-state index in [-0.39, 0.29) is 29.6 Å². The number of hydrogen-bond acceptors (Lipinski definition) is 8. The third kappa shape index (κ3) is 4.10. The van der Waals surface area contributed by atoms with Crippen LogP contribution in [0.3, 0.4) is 0 Å². The number of carbonyl (C=O) groups is 1. The predicted molar refractivity (Wildman–Crippen MR) is 52.4 cm³/mol. The van der Waals surface area contributed by atoms with Crippen LogP contribution in [0.4, 0.5) is 0 Å². The van der Waals surface area contributed by atoms with Crippen LogP contribution in [-0.4, -0.2) is 82.6 Å². The van der Waals surface area contributed by atoms with E-state index in [4.69, 9.17) is 19.9 Å². The van der Waals surface area contributed by atoms with Crippen LogP contribution < -0.4 is 0 Å². The second-order valence-corrected chi connectivity index (χ2v) is 3.82. The number of esters is 1. The monoisotopic (exact) mass is 280 g/mol. The summed E-state index contributed by atoms with van der Waals surface area (Å²) in [5.74, 6) is -3.51. The van der Waals surface area contributed by atoms with Crippen molar-refractivity contribution in [3.63, 3.8) is 0 Å². The first-order chi connectivity index (χ1) is 7.26. The van der Waals surface area contributed by atoms with E-state index in [1.165, 1.54) is 0 Å². The molecule has 17 heavy (non-hydrogen) atoms. The predicted octanol–water partition coefficient (Wildman–Crippen LogP) is -2.79. The summed E-state index contributed by atoms with van der Waals surface area (Å²) in [4.78, 5) is 10.8. The van der Waals surface area contributed by atoms with Crippen LogP contribution in [0.5, 0.6) is 0 Å². The Morgan fingerprint density at radius 3 is 2.41 bits per heavy atom. The van der Waals surface area contributed by atoms with E-state index in [1.807, 2.05) is 0 Å². The van der Waals surface area contributed by atoms with Crippen LogP contribution in [0.25, 0.3) is 0 Å². The first kappa shape index (κ1) is 16.6. The molecular formula is C6H9NaO9S. The van der Waals surface area contributed by atoms with Crippen molar-refractivity contribution in [3.8, 4) is 0 Å². The molecule has 0 fully saturated rings. The molecule has 0 radical (unpaired) electrons. The van der Waals surface area contributed by atoms with E-state index in [0.29, 0.717) is 0 Å². The average Bonchev–Trinajstić information content (AvgIpc) is 2.43. The van der Waals surface area contributed by atoms with Crippen molar-refractivity contribution >= 4 is 45.9 Å². The number of carbonyl (C=O) groups excluding carboxylic acids is 1. The van der Waals surface area contributed by atoms with Gasteiger partial charge in [-0.3, -0.25) is 4.55 Å². The number of ether oxygens (including phenoxy) is 1. The van der Waals surface area contributed by atoms with E-state index in [2.05, 4.69) is 8.92 Å². The molecule has 0 aliphatic carbocycles. The van der Waals surface area contributed by atoms with E-state index < -0.39 is 46.7 Å². The fourth-order valence-electron chi connectivity index (χ4n) is 1.01. The molecule has 0 saturated carbocycles. The number of cyclic esters (lactones) is 1. The van der Waals surface area contributed by atoms with Gasteiger partial charge in [0.15, 0.2) is 6.10 Å². The van der Waals surface area contributed by atoms with Crippen molar-refractivity contribution in [3.05, 3.63) is 11.5 Å². The summed E-state index contributed by atoms with van der Waals surface area (Å²) in [6.45, 7) is -0.871. The summed E-state index contributed by atoms with van der Waals surface area (Å²) in [6.07, 6.45) is -3.38. The molecule has 94 valence electrons. The van der Waals surface area contributed by atoms with Crippen molar-refractivity contribution in [2.45, 2.75) is 12.2 Å². The number of rotatable bonds is 4. The van der Waals surface area contributed by atoms with Gasteiger partial charge in [0, 0.05) is 0 Å². The van der Waals surface area contributed by atoms with Gasteiger partial charge in [-0.25, -0.2) is 4.79 Å². The molecule has 1 rings (SSSR count). The van der Waals surface area contributed by atoms with E-state index >= 15 is 0 Å². The summed E-state index contributed by atoms with van der Waals surface area (Å²) >= 11 is 0. The molecule has 2 atom stereocenters. The fraction of sp³-hybridized carbons (Fsp3) is 0.500. The van der Waals surface area contributed by atoms with Crippen LogP contribution in [0, 0.1) is 0 Å². The quantitative estimate of drug-likeness (QED) is 0.243. The molecular weight excluding hydrogens is 271 g/mol. The minimum atomic E-state index is -4.98. The molecule has 0 aromatic carbocycles. The van der Waals surface area contributed by atoms with Gasteiger partial charge < -0.3 is 24.2 Å². The van der Waals surface area contributed by atoms with Gasteiger partial charge in [0.2, 0.25) is 11.5 Å². The summed E-state index contributed by atoms with van der Waals surface area (Å²) in [5.41, 5.74) is 0.